The van der Waals surface area contributed by atoms with Crippen LogP contribution >= 0.6 is 0 Å². The number of primary amides is 2. The number of phenols is 2. The van der Waals surface area contributed by atoms with Crippen molar-refractivity contribution in [2.45, 2.75) is 220 Å². The molecule has 8 atom stereocenters. The molecule has 4 rings (SSSR count). The fourth-order valence-electron chi connectivity index (χ4n) is 10.8. The zero-order valence-corrected chi connectivity index (χ0v) is 64.1. The van der Waals surface area contributed by atoms with Gasteiger partial charge in [0.1, 0.15) is 52.9 Å². The van der Waals surface area contributed by atoms with Gasteiger partial charge in [0, 0.05) is 66.6 Å². The molecule has 0 aliphatic carbocycles. The molecule has 0 saturated carbocycles. The van der Waals surface area contributed by atoms with Crippen LogP contribution in [0.3, 0.4) is 0 Å². The molecule has 31 heteroatoms. The SMILES string of the molecule is CC(C)(C)OC(=O)NCCCC[C@H](N)C(=O)N[C@@H](Cc1ccccc1)C(N)=O.Cc1cc(O)cc(C)c1C[C@H](NC(=O)[C@H](C)CCCN=C(N)N)C(=O)N[C@@H](CCCCNC(=O)OC(C)(C)C)C(=O)N[C@@H](Cc1ccccc1)C(N)=O.Cc1cc(O)cc(C)c1C[C@H](NC(=O)[C@H](C)CCCN=C(N)N)C(=O)O.[HH].[HH]. The minimum atomic E-state index is -1.12. The first-order valence-electron chi connectivity index (χ1n) is 35.8. The van der Waals surface area contributed by atoms with Crippen LogP contribution < -0.4 is 77.4 Å². The molecular weight excluding hydrogens is 1380 g/mol. The van der Waals surface area contributed by atoms with Crippen LogP contribution in [0, 0.1) is 39.5 Å². The molecule has 0 spiro atoms. The minimum absolute atomic E-state index is 0. The molecule has 4 aromatic carbocycles. The highest BCUT2D eigenvalue weighted by atomic mass is 16.6. The molecule has 596 valence electrons. The highest BCUT2D eigenvalue weighted by Gasteiger charge is 2.32. The normalized spacial score (nSPS) is 13.2. The second kappa shape index (κ2) is 47.0. The van der Waals surface area contributed by atoms with Crippen molar-refractivity contribution in [2.24, 2.45) is 62.0 Å². The summed E-state index contributed by atoms with van der Waals surface area (Å²) in [7, 11) is 0. The quantitative estimate of drug-likeness (QED) is 0.0164. The maximum Gasteiger partial charge on any atom is 0.407 e. The van der Waals surface area contributed by atoms with Crippen LogP contribution in [0.4, 0.5) is 9.59 Å². The van der Waals surface area contributed by atoms with Gasteiger partial charge in [-0.05, 0) is 202 Å². The highest BCUT2D eigenvalue weighted by molar-refractivity contribution is 5.95. The van der Waals surface area contributed by atoms with E-state index in [2.05, 4.69) is 47.2 Å². The molecule has 107 heavy (non-hydrogen) atoms. The van der Waals surface area contributed by atoms with Gasteiger partial charge in [-0.1, -0.05) is 74.5 Å². The summed E-state index contributed by atoms with van der Waals surface area (Å²) in [5.74, 6) is -5.50. The lowest BCUT2D eigenvalue weighted by Gasteiger charge is -2.26. The summed E-state index contributed by atoms with van der Waals surface area (Å²) < 4.78 is 10.4. The van der Waals surface area contributed by atoms with Crippen LogP contribution in [0.1, 0.15) is 167 Å². The summed E-state index contributed by atoms with van der Waals surface area (Å²) in [5.41, 5.74) is 43.3. The molecule has 9 amide bonds. The van der Waals surface area contributed by atoms with Crippen molar-refractivity contribution in [2.75, 3.05) is 26.2 Å². The Morgan fingerprint density at radius 3 is 1.14 bits per heavy atom. The number of aliphatic carboxylic acids is 1. The fraction of sp³-hybridized carbons (Fsp3) is 0.526. The molecule has 24 N–H and O–H groups in total. The van der Waals surface area contributed by atoms with Crippen molar-refractivity contribution in [3.63, 3.8) is 0 Å². The second-order valence-electron chi connectivity index (χ2n) is 28.5. The monoisotopic (exact) mass is 1500 g/mol. The number of ether oxygens (including phenoxy) is 2. The van der Waals surface area contributed by atoms with E-state index >= 15 is 0 Å². The summed E-state index contributed by atoms with van der Waals surface area (Å²) in [6, 6.07) is 18.8. The first-order chi connectivity index (χ1) is 50.0. The Hall–Kier alpha value is -10.7. The van der Waals surface area contributed by atoms with E-state index < -0.39 is 101 Å². The number of carbonyl (C=O) groups is 10. The molecule has 0 aromatic heterocycles. The first-order valence-corrected chi connectivity index (χ1v) is 35.8. The predicted molar refractivity (Wildman–Crippen MR) is 415 cm³/mol. The molecule has 0 fully saturated rings. The lowest BCUT2D eigenvalue weighted by Crippen LogP contribution is -2.57. The Kier molecular flexibility index (Phi) is 40.5. The van der Waals surface area contributed by atoms with Crippen molar-refractivity contribution >= 4 is 71.4 Å². The number of carboxylic acids is 1. The number of amides is 9. The third-order valence-electron chi connectivity index (χ3n) is 16.6. The number of hydrogen-bond acceptors (Lipinski definition) is 17. The molecule has 0 bridgehead atoms. The number of nitrogens with zero attached hydrogens (tertiary/aromatic N) is 2. The molecule has 0 radical (unpaired) electrons. The lowest BCUT2D eigenvalue weighted by atomic mass is 9.94. The summed E-state index contributed by atoms with van der Waals surface area (Å²) >= 11 is 0. The van der Waals surface area contributed by atoms with Crippen molar-refractivity contribution in [1.82, 2.24) is 37.2 Å². The Morgan fingerprint density at radius 1 is 0.439 bits per heavy atom. The van der Waals surface area contributed by atoms with E-state index in [9.17, 15) is 63.3 Å². The maximum atomic E-state index is 14.1. The number of alkyl carbamates (subject to hydrolysis) is 2. The van der Waals surface area contributed by atoms with E-state index in [0.29, 0.717) is 83.8 Å². The average molecular weight is 1500 g/mol. The fourth-order valence-corrected chi connectivity index (χ4v) is 10.8. The summed E-state index contributed by atoms with van der Waals surface area (Å²) in [6.45, 7) is 22.8. The van der Waals surface area contributed by atoms with Gasteiger partial charge in [0.25, 0.3) is 0 Å². The highest BCUT2D eigenvalue weighted by Crippen LogP contribution is 2.25. The van der Waals surface area contributed by atoms with Crippen molar-refractivity contribution in [1.29, 1.82) is 0 Å². The number of aromatic hydroxyl groups is 2. The number of aliphatic imine (C=N–C) groups is 2. The van der Waals surface area contributed by atoms with Gasteiger partial charge in [-0.2, -0.15) is 0 Å². The Morgan fingerprint density at radius 2 is 0.776 bits per heavy atom. The Balaban J connectivity index is 0.00000175. The zero-order valence-electron chi connectivity index (χ0n) is 64.1. The number of aryl methyl sites for hydroxylation is 4. The van der Waals surface area contributed by atoms with E-state index in [1.807, 2.05) is 48.5 Å². The first kappa shape index (κ1) is 92.4. The molecular formula is C76H122N16O15. The van der Waals surface area contributed by atoms with E-state index in [4.69, 9.17) is 49.6 Å². The standard InChI is InChI=1S/C38H58N8O7.C20H32N4O4.C18H28N4O4.2H2/c1-23(13-12-18-42-36(40)41)33(49)46-31(22-28-24(2)19-27(47)20-25(28)3)35(51)44-29(16-10-11-17-43-37(52)53-38(4,5)6)34(50)45-30(32(39)48)21-26-14-8-7-9-15-26;1-20(2,3)28-19(27)23-12-8-7-11-15(21)18(26)24-16(17(22)25)13-14-9-5-4-6-10-14;1-10(5-4-6-21-18(19)20)16(24)22-15(17(25)26)9-14-11(2)7-13(23)8-12(14)3;;/h7-9,14-15,19-20,23,29-31,47H,10-13,16-18,21-22H2,1-6H3,(H2,39,48)(H,43,52)(H,44,51)(H,45,50)(H,46,49)(H4,40,41,42);4-6,9-10,15-16H,7-8,11-13,21H2,1-3H3,(H2,22,25)(H,23,27)(H,24,26);7-8,10,15,23H,4-6,9H2,1-3H3,(H,22,24)(H,25,26)(H4,19,20,21);2*1H/t23-,29+,30+,31+;15-,16-;10-,15+;;/m101../s1. The van der Waals surface area contributed by atoms with Crippen LogP contribution in [0.25, 0.3) is 0 Å². The third kappa shape index (κ3) is 39.3. The average Bonchev–Trinajstić information content (AvgIpc) is 0.834. The number of phenolic OH excluding ortho intramolecular Hbond substituents is 2. The van der Waals surface area contributed by atoms with Gasteiger partial charge in [-0.25, -0.2) is 14.4 Å². The molecule has 0 unspecified atom stereocenters. The van der Waals surface area contributed by atoms with Crippen molar-refractivity contribution in [3.05, 3.63) is 129 Å². The lowest BCUT2D eigenvalue weighted by molar-refractivity contribution is -0.142. The van der Waals surface area contributed by atoms with Gasteiger partial charge in [-0.3, -0.25) is 43.5 Å². The smallest absolute Gasteiger partial charge is 0.407 e. The van der Waals surface area contributed by atoms with Crippen molar-refractivity contribution in [3.8, 4) is 11.5 Å². The predicted octanol–water partition coefficient (Wildman–Crippen LogP) is 4.64. The molecule has 0 aliphatic heterocycles. The molecule has 0 heterocycles. The number of nitrogens with one attached hydrogen (secondary N) is 7. The van der Waals surface area contributed by atoms with Gasteiger partial charge in [0.05, 0.1) is 6.04 Å². The largest absolute Gasteiger partial charge is 0.508 e. The summed E-state index contributed by atoms with van der Waals surface area (Å²) in [6.07, 6.45) is 4.51. The maximum absolute atomic E-state index is 14.1. The Labute approximate surface area is 631 Å². The molecule has 0 saturated heterocycles. The van der Waals surface area contributed by atoms with Gasteiger partial charge >= 0.3 is 18.2 Å². The third-order valence-corrected chi connectivity index (χ3v) is 16.6. The minimum Gasteiger partial charge on any atom is -0.508 e. The van der Waals surface area contributed by atoms with Crippen LogP contribution in [0.15, 0.2) is 94.9 Å². The second-order valence-corrected chi connectivity index (χ2v) is 28.5. The summed E-state index contributed by atoms with van der Waals surface area (Å²) in [4.78, 5) is 133. The number of hydrogen-bond donors (Lipinski definition) is 17. The number of benzene rings is 4. The van der Waals surface area contributed by atoms with Crippen molar-refractivity contribution < 1.29 is 75.6 Å². The van der Waals surface area contributed by atoms with Crippen LogP contribution in [0.2, 0.25) is 0 Å². The number of guanidine groups is 2. The number of carbonyl (C=O) groups excluding carboxylic acids is 9. The molecule has 4 aromatic rings. The van der Waals surface area contributed by atoms with E-state index in [-0.39, 0.29) is 76.2 Å². The Bertz CT molecular complexity index is 3560. The van der Waals surface area contributed by atoms with Crippen LogP contribution in [-0.4, -0.2) is 160 Å². The molecule has 31 nitrogen and oxygen atoms in total. The van der Waals surface area contributed by atoms with E-state index in [1.54, 1.807) is 119 Å². The van der Waals surface area contributed by atoms with Gasteiger partial charge in [0.15, 0.2) is 11.9 Å². The van der Waals surface area contributed by atoms with E-state index in [1.165, 1.54) is 0 Å². The number of carboxylic acid groups (broad SMARTS) is 1. The zero-order chi connectivity index (χ0) is 80.7. The van der Waals surface area contributed by atoms with Crippen LogP contribution in [0.5, 0.6) is 11.5 Å². The topological polar surface area (TPSA) is 541 Å². The number of rotatable bonds is 39. The van der Waals surface area contributed by atoms with E-state index in [0.717, 1.165) is 44.5 Å². The van der Waals surface area contributed by atoms with Gasteiger partial charge < -0.3 is 102 Å². The van der Waals surface area contributed by atoms with Gasteiger partial charge in [-0.15, -0.1) is 0 Å². The number of nitrogens with two attached hydrogens (primary N) is 7. The molecule has 0 aliphatic rings. The van der Waals surface area contributed by atoms with Crippen LogP contribution in [-0.2, 0) is 73.5 Å². The van der Waals surface area contributed by atoms with Gasteiger partial charge in [0.2, 0.25) is 41.4 Å². The number of unbranched alkanes of at least 4 members (excludes halogenated alkanes) is 2. The summed E-state index contributed by atoms with van der Waals surface area (Å²) in [5, 5.41) is 48.1.